The second-order valence-corrected chi connectivity index (χ2v) is 6.28. The van der Waals surface area contributed by atoms with E-state index in [0.717, 1.165) is 17.5 Å². The van der Waals surface area contributed by atoms with Gasteiger partial charge in [0.15, 0.2) is 0 Å². The van der Waals surface area contributed by atoms with Crippen LogP contribution in [0.4, 0.5) is 4.79 Å². The van der Waals surface area contributed by atoms with E-state index in [9.17, 15) is 9.90 Å². The molecule has 1 aliphatic carbocycles. The van der Waals surface area contributed by atoms with Gasteiger partial charge in [-0.05, 0) is 43.9 Å². The SMILES string of the molecule is CCc1ccc2c(c1)[C@@H](NC(=O)OC(C)(C)C)[C@H](O)C2. The zero-order valence-corrected chi connectivity index (χ0v) is 12.6. The Morgan fingerprint density at radius 3 is 2.75 bits per heavy atom. The number of rotatable bonds is 2. The van der Waals surface area contributed by atoms with Gasteiger partial charge in [0.25, 0.3) is 0 Å². The number of aryl methyl sites for hydroxylation is 1. The molecule has 1 aliphatic rings. The van der Waals surface area contributed by atoms with Crippen LogP contribution in [0.3, 0.4) is 0 Å². The second-order valence-electron chi connectivity index (χ2n) is 6.28. The van der Waals surface area contributed by atoms with Crippen molar-refractivity contribution < 1.29 is 14.6 Å². The molecule has 0 spiro atoms. The molecule has 20 heavy (non-hydrogen) atoms. The Kier molecular flexibility index (Phi) is 4.04. The van der Waals surface area contributed by atoms with Crippen molar-refractivity contribution >= 4 is 6.09 Å². The highest BCUT2D eigenvalue weighted by molar-refractivity contribution is 5.69. The van der Waals surface area contributed by atoms with Crippen molar-refractivity contribution in [2.75, 3.05) is 0 Å². The van der Waals surface area contributed by atoms with Gasteiger partial charge in [-0.15, -0.1) is 0 Å². The maximum atomic E-state index is 11.9. The number of benzene rings is 1. The first-order valence-corrected chi connectivity index (χ1v) is 7.09. The van der Waals surface area contributed by atoms with Gasteiger partial charge >= 0.3 is 6.09 Å². The van der Waals surface area contributed by atoms with Crippen molar-refractivity contribution in [3.05, 3.63) is 34.9 Å². The van der Waals surface area contributed by atoms with E-state index in [2.05, 4.69) is 24.4 Å². The molecule has 2 N–H and O–H groups in total. The Morgan fingerprint density at radius 2 is 2.15 bits per heavy atom. The van der Waals surface area contributed by atoms with Gasteiger partial charge in [-0.1, -0.05) is 25.1 Å². The fraction of sp³-hybridized carbons (Fsp3) is 0.562. The average molecular weight is 277 g/mol. The first-order chi connectivity index (χ1) is 9.30. The van der Waals surface area contributed by atoms with E-state index in [1.807, 2.05) is 26.8 Å². The van der Waals surface area contributed by atoms with E-state index >= 15 is 0 Å². The minimum atomic E-state index is -0.593. The highest BCUT2D eigenvalue weighted by atomic mass is 16.6. The number of ether oxygens (including phenoxy) is 1. The lowest BCUT2D eigenvalue weighted by molar-refractivity contribution is 0.0438. The van der Waals surface area contributed by atoms with Crippen LogP contribution in [0.5, 0.6) is 0 Å². The molecule has 0 saturated heterocycles. The second kappa shape index (κ2) is 5.44. The van der Waals surface area contributed by atoms with Gasteiger partial charge in [-0.25, -0.2) is 4.79 Å². The van der Waals surface area contributed by atoms with E-state index in [4.69, 9.17) is 4.74 Å². The maximum absolute atomic E-state index is 11.9. The van der Waals surface area contributed by atoms with Crippen LogP contribution in [-0.2, 0) is 17.6 Å². The molecule has 0 bridgehead atoms. The Labute approximate surface area is 120 Å². The van der Waals surface area contributed by atoms with Gasteiger partial charge < -0.3 is 15.2 Å². The van der Waals surface area contributed by atoms with Crippen LogP contribution in [0, 0.1) is 0 Å². The Morgan fingerprint density at radius 1 is 1.45 bits per heavy atom. The maximum Gasteiger partial charge on any atom is 0.408 e. The molecule has 0 fully saturated rings. The molecular formula is C16H23NO3. The Hall–Kier alpha value is -1.55. The summed E-state index contributed by atoms with van der Waals surface area (Å²) >= 11 is 0. The quantitative estimate of drug-likeness (QED) is 0.874. The normalized spacial score (nSPS) is 21.4. The zero-order valence-electron chi connectivity index (χ0n) is 12.6. The minimum absolute atomic E-state index is 0.383. The van der Waals surface area contributed by atoms with Gasteiger partial charge in [0, 0.05) is 6.42 Å². The molecule has 1 amide bonds. The van der Waals surface area contributed by atoms with Crippen LogP contribution < -0.4 is 5.32 Å². The summed E-state index contributed by atoms with van der Waals surface area (Å²) in [5, 5.41) is 12.9. The predicted octanol–water partition coefficient (Wildman–Crippen LogP) is 2.73. The third kappa shape index (κ3) is 3.31. The van der Waals surface area contributed by atoms with E-state index in [1.54, 1.807) is 0 Å². The summed E-state index contributed by atoms with van der Waals surface area (Å²) in [7, 11) is 0. The minimum Gasteiger partial charge on any atom is -0.444 e. The van der Waals surface area contributed by atoms with Crippen molar-refractivity contribution in [2.45, 2.75) is 58.3 Å². The third-order valence-electron chi connectivity index (χ3n) is 3.44. The van der Waals surface area contributed by atoms with Gasteiger partial charge in [0.2, 0.25) is 0 Å². The fourth-order valence-corrected chi connectivity index (χ4v) is 2.50. The largest absolute Gasteiger partial charge is 0.444 e. The highest BCUT2D eigenvalue weighted by Gasteiger charge is 2.33. The first-order valence-electron chi connectivity index (χ1n) is 7.09. The monoisotopic (exact) mass is 277 g/mol. The molecule has 1 aromatic carbocycles. The Balaban J connectivity index is 2.16. The highest BCUT2D eigenvalue weighted by Crippen LogP contribution is 2.32. The molecule has 2 rings (SSSR count). The number of fused-ring (bicyclic) bond motifs is 1. The molecule has 4 heteroatoms. The van der Waals surface area contributed by atoms with Gasteiger partial charge in [0.1, 0.15) is 5.60 Å². The van der Waals surface area contributed by atoms with Crippen molar-refractivity contribution in [1.29, 1.82) is 0 Å². The molecule has 1 aromatic rings. The van der Waals surface area contributed by atoms with Crippen LogP contribution in [0.25, 0.3) is 0 Å². The molecule has 4 nitrogen and oxygen atoms in total. The number of carbonyl (C=O) groups is 1. The lowest BCUT2D eigenvalue weighted by Gasteiger charge is -2.23. The van der Waals surface area contributed by atoms with Crippen LogP contribution in [-0.4, -0.2) is 22.9 Å². The molecular weight excluding hydrogens is 254 g/mol. The number of amides is 1. The lowest BCUT2D eigenvalue weighted by Crippen LogP contribution is -2.38. The third-order valence-corrected chi connectivity index (χ3v) is 3.44. The summed E-state index contributed by atoms with van der Waals surface area (Å²) in [6.45, 7) is 7.55. The molecule has 2 atom stereocenters. The molecule has 0 heterocycles. The van der Waals surface area contributed by atoms with Gasteiger partial charge in [-0.2, -0.15) is 0 Å². The summed E-state index contributed by atoms with van der Waals surface area (Å²) in [6, 6.07) is 5.79. The van der Waals surface area contributed by atoms with E-state index in [0.29, 0.717) is 6.42 Å². The smallest absolute Gasteiger partial charge is 0.408 e. The van der Waals surface area contributed by atoms with Crippen LogP contribution in [0.15, 0.2) is 18.2 Å². The first kappa shape index (κ1) is 14.9. The van der Waals surface area contributed by atoms with Crippen molar-refractivity contribution in [3.63, 3.8) is 0 Å². The Bertz CT molecular complexity index is 505. The summed E-state index contributed by atoms with van der Waals surface area (Å²) in [4.78, 5) is 11.9. The predicted molar refractivity (Wildman–Crippen MR) is 77.6 cm³/mol. The number of hydrogen-bond donors (Lipinski definition) is 2. The van der Waals surface area contributed by atoms with Gasteiger partial charge in [-0.3, -0.25) is 0 Å². The fourth-order valence-electron chi connectivity index (χ4n) is 2.50. The molecule has 0 saturated carbocycles. The number of aliphatic hydroxyl groups is 1. The molecule has 0 aromatic heterocycles. The van der Waals surface area contributed by atoms with Crippen molar-refractivity contribution in [1.82, 2.24) is 5.32 Å². The zero-order chi connectivity index (χ0) is 14.9. The number of carbonyl (C=O) groups excluding carboxylic acids is 1. The average Bonchev–Trinajstić information content (AvgIpc) is 2.63. The van der Waals surface area contributed by atoms with Crippen molar-refractivity contribution in [2.24, 2.45) is 0 Å². The number of alkyl carbamates (subject to hydrolysis) is 1. The summed E-state index contributed by atoms with van der Waals surface area (Å²) in [5.41, 5.74) is 2.76. The molecule has 0 unspecified atom stereocenters. The molecule has 0 radical (unpaired) electrons. The van der Waals surface area contributed by atoms with Crippen molar-refractivity contribution in [3.8, 4) is 0 Å². The standard InChI is InChI=1S/C16H23NO3/c1-5-10-6-7-11-9-13(18)14(12(11)8-10)17-15(19)20-16(2,3)4/h6-8,13-14,18H,5,9H2,1-4H3,(H,17,19)/t13-,14-/m1/s1. The van der Waals surface area contributed by atoms with Crippen LogP contribution >= 0.6 is 0 Å². The van der Waals surface area contributed by atoms with E-state index in [-0.39, 0.29) is 6.04 Å². The summed E-state index contributed by atoms with van der Waals surface area (Å²) in [5.74, 6) is 0. The number of hydrogen-bond acceptors (Lipinski definition) is 3. The van der Waals surface area contributed by atoms with Crippen LogP contribution in [0.1, 0.15) is 50.4 Å². The number of nitrogens with one attached hydrogen (secondary N) is 1. The lowest BCUT2D eigenvalue weighted by atomic mass is 10.0. The molecule has 0 aliphatic heterocycles. The van der Waals surface area contributed by atoms with E-state index < -0.39 is 17.8 Å². The summed E-state index contributed by atoms with van der Waals surface area (Å²) in [6.07, 6.45) is 0.420. The topological polar surface area (TPSA) is 58.6 Å². The number of aliphatic hydroxyl groups excluding tert-OH is 1. The van der Waals surface area contributed by atoms with Gasteiger partial charge in [0.05, 0.1) is 12.1 Å². The summed E-state index contributed by atoms with van der Waals surface area (Å²) < 4.78 is 5.26. The van der Waals surface area contributed by atoms with E-state index in [1.165, 1.54) is 5.56 Å². The molecule has 110 valence electrons. The van der Waals surface area contributed by atoms with Crippen LogP contribution in [0.2, 0.25) is 0 Å².